The Morgan fingerprint density at radius 2 is 2.18 bits per heavy atom. The highest BCUT2D eigenvalue weighted by molar-refractivity contribution is 9.10. The molecule has 1 aromatic heterocycles. The van der Waals surface area contributed by atoms with Crippen molar-refractivity contribution in [2.24, 2.45) is 0 Å². The molecule has 1 aromatic carbocycles. The fourth-order valence-corrected chi connectivity index (χ4v) is 2.00. The van der Waals surface area contributed by atoms with Gasteiger partial charge in [0.15, 0.2) is 5.76 Å². The van der Waals surface area contributed by atoms with Crippen LogP contribution in [-0.2, 0) is 6.42 Å². The average Bonchev–Trinajstić information content (AvgIpc) is 2.70. The van der Waals surface area contributed by atoms with Gasteiger partial charge in [0.25, 0.3) is 0 Å². The number of rotatable bonds is 3. The molecule has 0 aliphatic carbocycles. The zero-order valence-electron chi connectivity index (χ0n) is 9.17. The van der Waals surface area contributed by atoms with Crippen molar-refractivity contribution in [1.29, 1.82) is 0 Å². The molecule has 2 aromatic rings. The number of carbonyl (C=O) groups is 1. The summed E-state index contributed by atoms with van der Waals surface area (Å²) in [7, 11) is 0. The molecular formula is C13H10BrFO2. The number of hydrogen-bond acceptors (Lipinski definition) is 2. The summed E-state index contributed by atoms with van der Waals surface area (Å²) >= 11 is 3.25. The molecule has 1 heterocycles. The van der Waals surface area contributed by atoms with Gasteiger partial charge in [0.05, 0.1) is 6.26 Å². The third kappa shape index (κ3) is 2.64. The zero-order valence-corrected chi connectivity index (χ0v) is 10.8. The van der Waals surface area contributed by atoms with Gasteiger partial charge in [-0.15, -0.1) is 0 Å². The molecule has 0 atom stereocenters. The molecular weight excluding hydrogens is 287 g/mol. The number of furan rings is 1. The highest BCUT2D eigenvalue weighted by Gasteiger charge is 2.15. The Labute approximate surface area is 107 Å². The van der Waals surface area contributed by atoms with Gasteiger partial charge in [0.1, 0.15) is 5.82 Å². The molecule has 2 rings (SSSR count). The van der Waals surface area contributed by atoms with Crippen LogP contribution in [0.1, 0.15) is 21.7 Å². The van der Waals surface area contributed by atoms with E-state index in [9.17, 15) is 9.18 Å². The van der Waals surface area contributed by atoms with E-state index in [1.807, 2.05) is 0 Å². The molecule has 0 spiro atoms. The monoisotopic (exact) mass is 296 g/mol. The second-order valence-corrected chi connectivity index (χ2v) is 4.68. The molecule has 2 nitrogen and oxygen atoms in total. The minimum absolute atomic E-state index is 0.000370. The van der Waals surface area contributed by atoms with Crippen LogP contribution in [0.2, 0.25) is 0 Å². The first-order chi connectivity index (χ1) is 8.08. The van der Waals surface area contributed by atoms with Crippen molar-refractivity contribution in [2.45, 2.75) is 13.3 Å². The maximum atomic E-state index is 13.5. The highest BCUT2D eigenvalue weighted by Crippen LogP contribution is 2.19. The van der Waals surface area contributed by atoms with Gasteiger partial charge < -0.3 is 4.42 Å². The molecule has 0 aliphatic rings. The van der Waals surface area contributed by atoms with Gasteiger partial charge in [-0.25, -0.2) is 4.39 Å². The number of aryl methyl sites for hydroxylation is 1. The summed E-state index contributed by atoms with van der Waals surface area (Å²) in [5, 5.41) is 0. The maximum absolute atomic E-state index is 13.5. The fourth-order valence-electron chi connectivity index (χ4n) is 1.59. The van der Waals surface area contributed by atoms with Crippen LogP contribution >= 0.6 is 15.9 Å². The van der Waals surface area contributed by atoms with E-state index in [2.05, 4.69) is 15.9 Å². The van der Waals surface area contributed by atoms with E-state index in [-0.39, 0.29) is 18.0 Å². The smallest absolute Gasteiger partial charge is 0.202 e. The molecule has 0 saturated heterocycles. The summed E-state index contributed by atoms with van der Waals surface area (Å²) < 4.78 is 19.3. The van der Waals surface area contributed by atoms with Crippen molar-refractivity contribution >= 4 is 21.7 Å². The van der Waals surface area contributed by atoms with Gasteiger partial charge >= 0.3 is 0 Å². The van der Waals surface area contributed by atoms with E-state index in [0.717, 1.165) is 10.0 Å². The van der Waals surface area contributed by atoms with Crippen LogP contribution in [0.25, 0.3) is 0 Å². The Hall–Kier alpha value is -1.42. The Morgan fingerprint density at radius 1 is 1.41 bits per heavy atom. The lowest BCUT2D eigenvalue weighted by Crippen LogP contribution is -2.05. The molecule has 0 aliphatic heterocycles. The van der Waals surface area contributed by atoms with Crippen LogP contribution in [0.15, 0.2) is 39.4 Å². The molecule has 4 heteroatoms. The third-order valence-electron chi connectivity index (χ3n) is 2.47. The molecule has 0 radical (unpaired) electrons. The molecule has 0 bridgehead atoms. The first-order valence-corrected chi connectivity index (χ1v) is 5.88. The molecule has 0 N–H and O–H groups in total. The lowest BCUT2D eigenvalue weighted by atomic mass is 10.1. The first kappa shape index (κ1) is 12.0. The van der Waals surface area contributed by atoms with E-state index in [0.29, 0.717) is 11.3 Å². The maximum Gasteiger partial charge on any atom is 0.202 e. The number of halogens is 2. The SMILES string of the molecule is Cc1ccoc1C(=O)Cc1cc(Br)ccc1F. The van der Waals surface area contributed by atoms with Crippen LogP contribution in [0.4, 0.5) is 4.39 Å². The number of carbonyl (C=O) groups excluding carboxylic acids is 1. The average molecular weight is 297 g/mol. The van der Waals surface area contributed by atoms with E-state index >= 15 is 0 Å². The number of hydrogen-bond donors (Lipinski definition) is 0. The lowest BCUT2D eigenvalue weighted by Gasteiger charge is -2.02. The first-order valence-electron chi connectivity index (χ1n) is 5.09. The van der Waals surface area contributed by atoms with Crippen LogP contribution < -0.4 is 0 Å². The molecule has 0 saturated carbocycles. The second-order valence-electron chi connectivity index (χ2n) is 3.77. The van der Waals surface area contributed by atoms with E-state index < -0.39 is 0 Å². The van der Waals surface area contributed by atoms with Crippen molar-refractivity contribution in [3.05, 3.63) is 57.7 Å². The normalized spacial score (nSPS) is 10.5. The van der Waals surface area contributed by atoms with Gasteiger partial charge in [0, 0.05) is 10.9 Å². The van der Waals surface area contributed by atoms with Gasteiger partial charge in [-0.2, -0.15) is 0 Å². The van der Waals surface area contributed by atoms with E-state index in [1.54, 1.807) is 25.1 Å². The van der Waals surface area contributed by atoms with Crippen molar-refractivity contribution < 1.29 is 13.6 Å². The summed E-state index contributed by atoms with van der Waals surface area (Å²) in [5.74, 6) is -0.306. The Balaban J connectivity index is 2.24. The van der Waals surface area contributed by atoms with Crippen molar-refractivity contribution in [3.8, 4) is 0 Å². The molecule has 0 fully saturated rings. The van der Waals surface area contributed by atoms with Crippen molar-refractivity contribution in [1.82, 2.24) is 0 Å². The summed E-state index contributed by atoms with van der Waals surface area (Å²) in [6.07, 6.45) is 1.46. The van der Waals surface area contributed by atoms with Gasteiger partial charge in [-0.3, -0.25) is 4.79 Å². The topological polar surface area (TPSA) is 30.2 Å². The second kappa shape index (κ2) is 4.84. The number of Topliss-reactive ketones (excluding diaryl/α,β-unsaturated/α-hetero) is 1. The minimum atomic E-state index is -0.384. The number of ketones is 1. The van der Waals surface area contributed by atoms with Crippen molar-refractivity contribution in [3.63, 3.8) is 0 Å². The molecule has 0 amide bonds. The van der Waals surface area contributed by atoms with E-state index in [4.69, 9.17) is 4.42 Å². The van der Waals surface area contributed by atoms with Crippen LogP contribution in [0, 0.1) is 12.7 Å². The third-order valence-corrected chi connectivity index (χ3v) is 2.97. The minimum Gasteiger partial charge on any atom is -0.461 e. The number of benzene rings is 1. The van der Waals surface area contributed by atoms with Crippen molar-refractivity contribution in [2.75, 3.05) is 0 Å². The quantitative estimate of drug-likeness (QED) is 0.804. The lowest BCUT2D eigenvalue weighted by molar-refractivity contribution is 0.0964. The Morgan fingerprint density at radius 3 is 2.82 bits per heavy atom. The van der Waals surface area contributed by atoms with E-state index in [1.165, 1.54) is 12.3 Å². The molecule has 0 unspecified atom stereocenters. The molecule has 17 heavy (non-hydrogen) atoms. The summed E-state index contributed by atoms with van der Waals surface area (Å²) in [6, 6.07) is 6.25. The van der Waals surface area contributed by atoms with Gasteiger partial charge in [0.2, 0.25) is 5.78 Å². The van der Waals surface area contributed by atoms with Crippen LogP contribution in [-0.4, -0.2) is 5.78 Å². The van der Waals surface area contributed by atoms with Gasteiger partial charge in [-0.05, 0) is 42.3 Å². The van der Waals surface area contributed by atoms with Crippen LogP contribution in [0.3, 0.4) is 0 Å². The predicted octanol–water partition coefficient (Wildman–Crippen LogP) is 3.92. The molecule has 88 valence electrons. The highest BCUT2D eigenvalue weighted by atomic mass is 79.9. The van der Waals surface area contributed by atoms with Crippen LogP contribution in [0.5, 0.6) is 0 Å². The van der Waals surface area contributed by atoms with Gasteiger partial charge in [-0.1, -0.05) is 15.9 Å². The summed E-state index contributed by atoms with van der Waals surface area (Å²) in [4.78, 5) is 11.9. The standard InChI is InChI=1S/C13H10BrFO2/c1-8-4-5-17-13(8)12(16)7-9-6-10(14)2-3-11(9)15/h2-6H,7H2,1H3. The fraction of sp³-hybridized carbons (Fsp3) is 0.154. The summed E-state index contributed by atoms with van der Waals surface area (Å²) in [6.45, 7) is 1.79. The Bertz CT molecular complexity index is 560. The predicted molar refractivity (Wildman–Crippen MR) is 65.6 cm³/mol. The zero-order chi connectivity index (χ0) is 12.4. The Kier molecular flexibility index (Phi) is 3.43. The largest absolute Gasteiger partial charge is 0.461 e. The summed E-state index contributed by atoms with van der Waals surface area (Å²) in [5.41, 5.74) is 1.13.